The van der Waals surface area contributed by atoms with Crippen LogP contribution in [0.3, 0.4) is 0 Å². The van der Waals surface area contributed by atoms with E-state index in [9.17, 15) is 26.3 Å². The number of hydrogen-bond acceptors (Lipinski definition) is 6. The number of hydrogen-bond donors (Lipinski definition) is 2. The van der Waals surface area contributed by atoms with Gasteiger partial charge in [-0.1, -0.05) is 72.8 Å². The molecule has 2 heterocycles. The van der Waals surface area contributed by atoms with Crippen molar-refractivity contribution in [2.75, 3.05) is 10.6 Å². The second kappa shape index (κ2) is 13.6. The van der Waals surface area contributed by atoms with Crippen molar-refractivity contribution in [3.63, 3.8) is 0 Å². The number of halogens is 6. The monoisotopic (exact) mass is 690 g/mol. The van der Waals surface area contributed by atoms with E-state index in [-0.39, 0.29) is 22.7 Å². The highest BCUT2D eigenvalue weighted by molar-refractivity contribution is 5.94. The largest absolute Gasteiger partial charge is 0.451 e. The molecule has 6 aromatic rings. The first kappa shape index (κ1) is 36.0. The maximum Gasteiger partial charge on any atom is 0.451 e. The van der Waals surface area contributed by atoms with E-state index >= 15 is 0 Å². The lowest BCUT2D eigenvalue weighted by atomic mass is 10.0. The minimum Gasteiger partial charge on any atom is -0.365 e. The molecule has 12 heteroatoms. The summed E-state index contributed by atoms with van der Waals surface area (Å²) in [6, 6.07) is 29.6. The topological polar surface area (TPSA) is 75.6 Å². The highest BCUT2D eigenvalue weighted by Gasteiger charge is 2.37. The Morgan fingerprint density at radius 1 is 0.420 bits per heavy atom. The van der Waals surface area contributed by atoms with Crippen molar-refractivity contribution < 1.29 is 26.3 Å². The van der Waals surface area contributed by atoms with E-state index in [1.165, 1.54) is 0 Å². The van der Waals surface area contributed by atoms with Gasteiger partial charge in [-0.3, -0.25) is 0 Å². The van der Waals surface area contributed by atoms with E-state index in [0.29, 0.717) is 10.8 Å². The molecule has 0 radical (unpaired) electrons. The van der Waals surface area contributed by atoms with Crippen LogP contribution < -0.4 is 10.6 Å². The summed E-state index contributed by atoms with van der Waals surface area (Å²) in [5.41, 5.74) is 3.39. The molecule has 0 bridgehead atoms. The van der Waals surface area contributed by atoms with Gasteiger partial charge in [0, 0.05) is 21.9 Å². The van der Waals surface area contributed by atoms with Crippen LogP contribution in [0.2, 0.25) is 0 Å². The number of rotatable bonds is 4. The maximum absolute atomic E-state index is 13.1. The molecule has 0 saturated carbocycles. The van der Waals surface area contributed by atoms with Crippen LogP contribution in [0.15, 0.2) is 97.1 Å². The van der Waals surface area contributed by atoms with Crippen LogP contribution in [0.1, 0.15) is 53.2 Å². The van der Waals surface area contributed by atoms with Gasteiger partial charge >= 0.3 is 12.4 Å². The van der Waals surface area contributed by atoms with Crippen molar-refractivity contribution in [2.45, 2.75) is 65.0 Å². The van der Waals surface area contributed by atoms with Crippen LogP contribution in [-0.4, -0.2) is 31.0 Å². The average molecular weight is 691 g/mol. The van der Waals surface area contributed by atoms with E-state index < -0.39 is 35.1 Å². The number of nitrogens with zero attached hydrogens (tertiary/aromatic N) is 4. The molecule has 6 nitrogen and oxygen atoms in total. The van der Waals surface area contributed by atoms with Crippen molar-refractivity contribution in [3.05, 3.63) is 109 Å². The van der Waals surface area contributed by atoms with Gasteiger partial charge < -0.3 is 10.6 Å². The molecule has 2 N–H and O–H groups in total. The average Bonchev–Trinajstić information content (AvgIpc) is 3.03. The third kappa shape index (κ3) is 9.04. The summed E-state index contributed by atoms with van der Waals surface area (Å²) in [6.45, 7) is 11.2. The lowest BCUT2D eigenvalue weighted by molar-refractivity contribution is -0.145. The molecule has 6 rings (SSSR count). The van der Waals surface area contributed by atoms with Crippen molar-refractivity contribution >= 4 is 33.4 Å². The minimum atomic E-state index is -4.60. The Bertz CT molecular complexity index is 1950. The van der Waals surface area contributed by atoms with Gasteiger partial charge in [0.15, 0.2) is 0 Å². The van der Waals surface area contributed by atoms with Crippen molar-refractivity contribution in [3.8, 4) is 22.3 Å². The number of benzene rings is 4. The first-order valence-corrected chi connectivity index (χ1v) is 15.7. The first-order chi connectivity index (χ1) is 23.3. The quantitative estimate of drug-likeness (QED) is 0.179. The minimum absolute atomic E-state index is 0.183. The van der Waals surface area contributed by atoms with Crippen molar-refractivity contribution in [1.29, 1.82) is 0 Å². The summed E-state index contributed by atoms with van der Waals surface area (Å²) in [7, 11) is 0. The fourth-order valence-electron chi connectivity index (χ4n) is 5.03. The van der Waals surface area contributed by atoms with Gasteiger partial charge in [-0.2, -0.15) is 26.3 Å². The summed E-state index contributed by atoms with van der Waals surface area (Å²) in [4.78, 5) is 14.9. The molecular weight excluding hydrogens is 654 g/mol. The summed E-state index contributed by atoms with van der Waals surface area (Å²) in [5.74, 6) is -1.91. The molecular formula is C38H36F6N6. The zero-order chi connectivity index (χ0) is 36.5. The predicted molar refractivity (Wildman–Crippen MR) is 187 cm³/mol. The second-order valence-electron chi connectivity index (χ2n) is 13.7. The summed E-state index contributed by atoms with van der Waals surface area (Å²) >= 11 is 0. The molecule has 50 heavy (non-hydrogen) atoms. The van der Waals surface area contributed by atoms with Gasteiger partial charge in [0.2, 0.25) is 11.6 Å². The summed E-state index contributed by atoms with van der Waals surface area (Å²) in [6.07, 6.45) is -9.19. The van der Waals surface area contributed by atoms with E-state index in [4.69, 9.17) is 0 Å². The van der Waals surface area contributed by atoms with Crippen molar-refractivity contribution in [1.82, 2.24) is 19.9 Å². The summed E-state index contributed by atoms with van der Waals surface area (Å²) < 4.78 is 78.7. The Balaban J connectivity index is 0.000000194. The molecule has 0 fully saturated rings. The van der Waals surface area contributed by atoms with E-state index in [0.717, 1.165) is 22.3 Å². The predicted octanol–water partition coefficient (Wildman–Crippen LogP) is 11.1. The van der Waals surface area contributed by atoms with Gasteiger partial charge in [0.1, 0.15) is 11.6 Å². The van der Waals surface area contributed by atoms with Gasteiger partial charge in [0.25, 0.3) is 0 Å². The fraction of sp³-hybridized carbons (Fsp3) is 0.263. The lowest BCUT2D eigenvalue weighted by Gasteiger charge is -2.23. The molecule has 0 unspecified atom stereocenters. The lowest BCUT2D eigenvalue weighted by Crippen LogP contribution is -2.27. The van der Waals surface area contributed by atoms with E-state index in [1.807, 2.05) is 114 Å². The Labute approximate surface area is 286 Å². The molecule has 0 atom stereocenters. The van der Waals surface area contributed by atoms with Gasteiger partial charge in [-0.15, -0.1) is 0 Å². The number of anilines is 2. The third-order valence-corrected chi connectivity index (χ3v) is 7.10. The number of aromatic nitrogens is 4. The molecule has 0 amide bonds. The number of alkyl halides is 6. The first-order valence-electron chi connectivity index (χ1n) is 15.7. The normalized spacial score (nSPS) is 12.4. The smallest absolute Gasteiger partial charge is 0.365 e. The Kier molecular flexibility index (Phi) is 9.78. The zero-order valence-corrected chi connectivity index (χ0v) is 28.3. The van der Waals surface area contributed by atoms with Gasteiger partial charge in [-0.25, -0.2) is 19.9 Å². The molecule has 0 spiro atoms. The van der Waals surface area contributed by atoms with E-state index in [1.54, 1.807) is 24.3 Å². The highest BCUT2D eigenvalue weighted by atomic mass is 19.4. The van der Waals surface area contributed by atoms with Crippen molar-refractivity contribution in [2.24, 2.45) is 0 Å². The van der Waals surface area contributed by atoms with Crippen LogP contribution in [-0.2, 0) is 12.4 Å². The second-order valence-corrected chi connectivity index (χ2v) is 13.7. The Morgan fingerprint density at radius 2 is 0.760 bits per heavy atom. The molecule has 0 saturated heterocycles. The van der Waals surface area contributed by atoms with Crippen LogP contribution >= 0.6 is 0 Å². The molecule has 0 aliphatic rings. The molecule has 2 aromatic heterocycles. The van der Waals surface area contributed by atoms with Crippen LogP contribution in [0.4, 0.5) is 38.0 Å². The maximum atomic E-state index is 13.1. The highest BCUT2D eigenvalue weighted by Crippen LogP contribution is 2.35. The number of fused-ring (bicyclic) bond motifs is 2. The molecule has 4 aromatic carbocycles. The standard InChI is InChI=1S/2C19H18F3N3/c2*1-18(2,3)25-16-14-11-13(12-7-5-4-6-8-12)9-10-15(14)23-17(24-16)19(20,21)22/h2*4-11H,1-3H3,(H,23,24,25). The van der Waals surface area contributed by atoms with E-state index in [2.05, 4.69) is 30.6 Å². The zero-order valence-electron chi connectivity index (χ0n) is 28.3. The molecule has 0 aliphatic carbocycles. The number of nitrogens with one attached hydrogen (secondary N) is 2. The van der Waals surface area contributed by atoms with Crippen LogP contribution in [0.5, 0.6) is 0 Å². The third-order valence-electron chi connectivity index (χ3n) is 7.10. The fourth-order valence-corrected chi connectivity index (χ4v) is 5.03. The SMILES string of the molecule is CC(C)(C)Nc1nc(C(F)(F)F)nc2ccc(-c3ccccc3)cc12.CC(C)(C)Nc1nc(C(F)(F)F)nc2ccc(-c3ccccc3)cc12. The molecule has 0 aliphatic heterocycles. The van der Waals surface area contributed by atoms with Gasteiger partial charge in [-0.05, 0) is 88.1 Å². The Hall–Kier alpha value is -5.26. The van der Waals surface area contributed by atoms with Gasteiger partial charge in [0.05, 0.1) is 11.0 Å². The van der Waals surface area contributed by atoms with Crippen LogP contribution in [0, 0.1) is 0 Å². The molecule has 260 valence electrons. The van der Waals surface area contributed by atoms with Crippen LogP contribution in [0.25, 0.3) is 44.1 Å². The Morgan fingerprint density at radius 3 is 1.06 bits per heavy atom. The summed E-state index contributed by atoms with van der Waals surface area (Å²) in [5, 5.41) is 7.25.